The highest BCUT2D eigenvalue weighted by atomic mass is 32.1. The quantitative estimate of drug-likeness (QED) is 0.386. The van der Waals surface area contributed by atoms with Crippen molar-refractivity contribution in [3.05, 3.63) is 70.0 Å². The van der Waals surface area contributed by atoms with Crippen LogP contribution in [0.15, 0.2) is 47.6 Å². The van der Waals surface area contributed by atoms with E-state index < -0.39 is 0 Å². The number of halogens is 1. The largest absolute Gasteiger partial charge is 0.504 e. The Morgan fingerprint density at radius 1 is 1.21 bits per heavy atom. The average molecular weight is 344 g/mol. The van der Waals surface area contributed by atoms with Crippen LogP contribution in [0.2, 0.25) is 0 Å². The van der Waals surface area contributed by atoms with Crippen LogP contribution >= 0.6 is 12.2 Å². The lowest BCUT2D eigenvalue weighted by molar-refractivity contribution is 0.403. The highest BCUT2D eigenvalue weighted by Gasteiger charge is 2.08. The number of rotatable bonds is 4. The summed E-state index contributed by atoms with van der Waals surface area (Å²) < 4.78 is 14.7. The van der Waals surface area contributed by atoms with Crippen LogP contribution < -0.4 is 0 Å². The third-order valence-corrected chi connectivity index (χ3v) is 3.62. The molecule has 3 N–H and O–H groups in total. The summed E-state index contributed by atoms with van der Waals surface area (Å²) in [5.41, 5.74) is 1.19. The lowest BCUT2D eigenvalue weighted by atomic mass is 10.1. The van der Waals surface area contributed by atoms with Crippen LogP contribution in [0.25, 0.3) is 0 Å². The number of aromatic hydroxyl groups is 2. The number of benzene rings is 2. The van der Waals surface area contributed by atoms with E-state index in [1.54, 1.807) is 24.3 Å². The molecule has 24 heavy (non-hydrogen) atoms. The molecule has 0 aliphatic carbocycles. The highest BCUT2D eigenvalue weighted by Crippen LogP contribution is 2.26. The van der Waals surface area contributed by atoms with Crippen molar-refractivity contribution in [2.24, 2.45) is 5.10 Å². The first-order valence-electron chi connectivity index (χ1n) is 7.00. The molecule has 6 nitrogen and oxygen atoms in total. The molecule has 0 bridgehead atoms. The normalized spacial score (nSPS) is 11.2. The molecule has 1 aromatic heterocycles. The van der Waals surface area contributed by atoms with Gasteiger partial charge in [0.1, 0.15) is 5.82 Å². The fourth-order valence-electron chi connectivity index (χ4n) is 2.12. The monoisotopic (exact) mass is 344 g/mol. The molecule has 3 rings (SSSR count). The molecule has 0 unspecified atom stereocenters. The van der Waals surface area contributed by atoms with Crippen molar-refractivity contribution in [1.29, 1.82) is 0 Å². The fourth-order valence-corrected chi connectivity index (χ4v) is 2.31. The van der Waals surface area contributed by atoms with E-state index in [0.29, 0.717) is 17.8 Å². The van der Waals surface area contributed by atoms with Crippen molar-refractivity contribution in [2.45, 2.75) is 6.42 Å². The minimum absolute atomic E-state index is 0.235. The predicted octanol–water partition coefficient (Wildman–Crippen LogP) is 2.96. The van der Waals surface area contributed by atoms with Crippen molar-refractivity contribution in [2.75, 3.05) is 0 Å². The number of aromatic nitrogens is 3. The molecular weight excluding hydrogens is 331 g/mol. The van der Waals surface area contributed by atoms with Crippen LogP contribution in [0.5, 0.6) is 11.5 Å². The Morgan fingerprint density at radius 2 is 1.96 bits per heavy atom. The molecule has 2 aromatic carbocycles. The van der Waals surface area contributed by atoms with Gasteiger partial charge in [-0.15, -0.1) is 0 Å². The number of nitrogens with one attached hydrogen (secondary N) is 1. The molecule has 0 aliphatic heterocycles. The van der Waals surface area contributed by atoms with E-state index in [0.717, 1.165) is 5.56 Å². The van der Waals surface area contributed by atoms with Gasteiger partial charge in [-0.3, -0.25) is 5.10 Å². The van der Waals surface area contributed by atoms with Gasteiger partial charge in [0.2, 0.25) is 4.77 Å². The lowest BCUT2D eigenvalue weighted by Crippen LogP contribution is -2.00. The Balaban J connectivity index is 1.90. The van der Waals surface area contributed by atoms with E-state index in [4.69, 9.17) is 12.2 Å². The minimum Gasteiger partial charge on any atom is -0.504 e. The zero-order valence-electron chi connectivity index (χ0n) is 12.3. The number of aromatic amines is 1. The van der Waals surface area contributed by atoms with Crippen molar-refractivity contribution in [3.63, 3.8) is 0 Å². The van der Waals surface area contributed by atoms with Crippen LogP contribution in [-0.2, 0) is 6.42 Å². The van der Waals surface area contributed by atoms with Gasteiger partial charge < -0.3 is 10.2 Å². The highest BCUT2D eigenvalue weighted by molar-refractivity contribution is 7.71. The standard InChI is InChI=1S/C16H13FN4O2S/c17-12-6-4-10(5-7-12)8-14-19-20-16(24)21(14)18-9-11-2-1-3-13(22)15(11)23/h1-7,9,22-23H,8H2,(H,20,24)/b18-9+. The summed E-state index contributed by atoms with van der Waals surface area (Å²) in [6.45, 7) is 0. The Labute approximate surface area is 141 Å². The molecule has 0 amide bonds. The number of nitrogens with zero attached hydrogens (tertiary/aromatic N) is 3. The topological polar surface area (TPSA) is 86.4 Å². The second-order valence-corrected chi connectivity index (χ2v) is 5.41. The smallest absolute Gasteiger partial charge is 0.216 e. The molecule has 0 aliphatic rings. The number of hydrogen-bond donors (Lipinski definition) is 3. The van der Waals surface area contributed by atoms with Gasteiger partial charge in [-0.05, 0) is 42.0 Å². The van der Waals surface area contributed by atoms with E-state index in [1.807, 2.05) is 0 Å². The molecule has 0 fully saturated rings. The maximum Gasteiger partial charge on any atom is 0.216 e. The molecule has 1 heterocycles. The van der Waals surface area contributed by atoms with E-state index in [2.05, 4.69) is 15.3 Å². The van der Waals surface area contributed by atoms with Gasteiger partial charge in [0.25, 0.3) is 0 Å². The Hall–Kier alpha value is -3.00. The van der Waals surface area contributed by atoms with E-state index in [1.165, 1.54) is 29.1 Å². The molecule has 0 saturated heterocycles. The van der Waals surface area contributed by atoms with Crippen LogP contribution in [-0.4, -0.2) is 31.3 Å². The first kappa shape index (κ1) is 15.9. The number of hydrogen-bond acceptors (Lipinski definition) is 5. The lowest BCUT2D eigenvalue weighted by Gasteiger charge is -2.03. The van der Waals surface area contributed by atoms with E-state index in [9.17, 15) is 14.6 Å². The maximum absolute atomic E-state index is 13.0. The molecule has 122 valence electrons. The minimum atomic E-state index is -0.310. The van der Waals surface area contributed by atoms with Crippen LogP contribution in [0.4, 0.5) is 4.39 Å². The number of phenols is 2. The predicted molar refractivity (Wildman–Crippen MR) is 89.4 cm³/mol. The van der Waals surface area contributed by atoms with Crippen molar-refractivity contribution < 1.29 is 14.6 Å². The summed E-state index contributed by atoms with van der Waals surface area (Å²) in [6, 6.07) is 10.6. The summed E-state index contributed by atoms with van der Waals surface area (Å²) >= 11 is 5.14. The number of para-hydroxylation sites is 1. The van der Waals surface area contributed by atoms with Gasteiger partial charge in [-0.25, -0.2) is 4.39 Å². The van der Waals surface area contributed by atoms with Crippen LogP contribution in [0.1, 0.15) is 17.0 Å². The Kier molecular flexibility index (Phi) is 4.39. The molecule has 3 aromatic rings. The van der Waals surface area contributed by atoms with Gasteiger partial charge in [-0.1, -0.05) is 18.2 Å². The zero-order chi connectivity index (χ0) is 17.1. The molecule has 0 spiro atoms. The van der Waals surface area contributed by atoms with E-state index >= 15 is 0 Å². The van der Waals surface area contributed by atoms with Crippen molar-refractivity contribution >= 4 is 18.4 Å². The molecule has 0 atom stereocenters. The summed E-state index contributed by atoms with van der Waals surface area (Å²) in [5.74, 6) is -0.282. The van der Waals surface area contributed by atoms with E-state index in [-0.39, 0.29) is 22.1 Å². The number of phenolic OH excluding ortho intramolecular Hbond substituents is 2. The van der Waals surface area contributed by atoms with Gasteiger partial charge in [0.05, 0.1) is 6.21 Å². The first-order valence-corrected chi connectivity index (χ1v) is 7.41. The van der Waals surface area contributed by atoms with Gasteiger partial charge in [0, 0.05) is 12.0 Å². The van der Waals surface area contributed by atoms with Crippen LogP contribution in [0.3, 0.4) is 0 Å². The summed E-state index contributed by atoms with van der Waals surface area (Å²) in [5, 5.41) is 30.2. The third kappa shape index (κ3) is 3.33. The maximum atomic E-state index is 13.0. The summed E-state index contributed by atoms with van der Waals surface area (Å²) in [7, 11) is 0. The Morgan fingerprint density at radius 3 is 2.71 bits per heavy atom. The Bertz CT molecular complexity index is 947. The second kappa shape index (κ2) is 6.63. The van der Waals surface area contributed by atoms with Gasteiger partial charge >= 0.3 is 0 Å². The summed E-state index contributed by atoms with van der Waals surface area (Å²) in [6.07, 6.45) is 1.77. The van der Waals surface area contributed by atoms with Crippen molar-refractivity contribution in [1.82, 2.24) is 14.9 Å². The molecule has 0 radical (unpaired) electrons. The van der Waals surface area contributed by atoms with Crippen molar-refractivity contribution in [3.8, 4) is 11.5 Å². The zero-order valence-corrected chi connectivity index (χ0v) is 13.2. The average Bonchev–Trinajstić information content (AvgIpc) is 2.91. The fraction of sp³-hybridized carbons (Fsp3) is 0.0625. The van der Waals surface area contributed by atoms with Gasteiger partial charge in [0.15, 0.2) is 17.3 Å². The number of H-pyrrole nitrogens is 1. The third-order valence-electron chi connectivity index (χ3n) is 3.35. The van der Waals surface area contributed by atoms with Gasteiger partial charge in [-0.2, -0.15) is 14.9 Å². The first-order chi connectivity index (χ1) is 11.5. The SMILES string of the molecule is Oc1cccc(/C=N/n2c(Cc3ccc(F)cc3)n[nH]c2=S)c1O. The molecule has 0 saturated carbocycles. The summed E-state index contributed by atoms with van der Waals surface area (Å²) in [4.78, 5) is 0. The molecule has 8 heteroatoms. The second-order valence-electron chi connectivity index (χ2n) is 5.02. The molecular formula is C16H13FN4O2S. The van der Waals surface area contributed by atoms with Crippen LogP contribution in [0, 0.1) is 10.6 Å².